The summed E-state index contributed by atoms with van der Waals surface area (Å²) in [4.78, 5) is 0. The molecule has 16 aromatic rings. The van der Waals surface area contributed by atoms with Gasteiger partial charge in [-0.3, -0.25) is 0 Å². The van der Waals surface area contributed by atoms with Gasteiger partial charge >= 0.3 is 0 Å². The van der Waals surface area contributed by atoms with E-state index in [0.717, 1.165) is 131 Å². The fourth-order valence-electron chi connectivity index (χ4n) is 11.8. The molecule has 0 bridgehead atoms. The van der Waals surface area contributed by atoms with Crippen molar-refractivity contribution in [1.29, 1.82) is 10.5 Å². The largest absolute Gasteiger partial charge is 0.456 e. The van der Waals surface area contributed by atoms with Crippen molar-refractivity contribution in [3.8, 4) is 29.2 Å². The molecule has 0 N–H and O–H groups in total. The van der Waals surface area contributed by atoms with Gasteiger partial charge in [0.25, 0.3) is 0 Å². The highest BCUT2D eigenvalue weighted by molar-refractivity contribution is 6.21. The highest BCUT2D eigenvalue weighted by Crippen LogP contribution is 2.48. The summed E-state index contributed by atoms with van der Waals surface area (Å²) in [5.41, 5.74) is 12.4. The van der Waals surface area contributed by atoms with E-state index in [1.165, 1.54) is 0 Å². The first-order valence-electron chi connectivity index (χ1n) is 23.2. The summed E-state index contributed by atoms with van der Waals surface area (Å²) in [5, 5.41) is 35.4. The van der Waals surface area contributed by atoms with Crippen molar-refractivity contribution in [1.82, 2.24) is 13.7 Å². The van der Waals surface area contributed by atoms with Crippen LogP contribution in [-0.4, -0.2) is 13.7 Å². The Labute approximate surface area is 395 Å². The van der Waals surface area contributed by atoms with Crippen molar-refractivity contribution in [3.05, 3.63) is 199 Å². The third-order valence-corrected chi connectivity index (χ3v) is 14.7. The van der Waals surface area contributed by atoms with E-state index >= 15 is 0 Å². The van der Waals surface area contributed by atoms with Gasteiger partial charge in [-0.05, 0) is 60.7 Å². The predicted molar refractivity (Wildman–Crippen MR) is 281 cm³/mol. The summed E-state index contributed by atoms with van der Waals surface area (Å²) in [7, 11) is 0. The molecule has 70 heavy (non-hydrogen) atoms. The van der Waals surface area contributed by atoms with E-state index in [0.29, 0.717) is 28.2 Å². The Kier molecular flexibility index (Phi) is 7.06. The fourth-order valence-corrected chi connectivity index (χ4v) is 11.8. The Balaban J connectivity index is 1.16. The molecule has 0 spiro atoms. The zero-order chi connectivity index (χ0) is 45.9. The van der Waals surface area contributed by atoms with Crippen LogP contribution >= 0.6 is 0 Å². The van der Waals surface area contributed by atoms with Crippen LogP contribution in [0.4, 0.5) is 0 Å². The minimum atomic E-state index is 0.332. The lowest BCUT2D eigenvalue weighted by atomic mass is 10.0. The van der Waals surface area contributed by atoms with Crippen LogP contribution in [0.1, 0.15) is 11.1 Å². The van der Waals surface area contributed by atoms with Gasteiger partial charge < -0.3 is 27.0 Å². The summed E-state index contributed by atoms with van der Waals surface area (Å²) >= 11 is 0. The second-order valence-corrected chi connectivity index (χ2v) is 18.2. The molecule has 0 fully saturated rings. The molecule has 0 radical (unpaired) electrons. The highest BCUT2D eigenvalue weighted by atomic mass is 16.3. The molecule has 0 saturated carbocycles. The molecule has 0 aliphatic rings. The minimum Gasteiger partial charge on any atom is -0.456 e. The van der Waals surface area contributed by atoms with Gasteiger partial charge in [-0.1, -0.05) is 109 Å². The van der Waals surface area contributed by atoms with E-state index in [4.69, 9.17) is 13.3 Å². The van der Waals surface area contributed by atoms with Gasteiger partial charge in [0, 0.05) is 82.8 Å². The molecule has 0 atom stereocenters. The van der Waals surface area contributed by atoms with Crippen LogP contribution in [0.25, 0.3) is 148 Å². The first-order valence-corrected chi connectivity index (χ1v) is 23.2. The maximum Gasteiger partial charge on any atom is 0.137 e. The van der Waals surface area contributed by atoms with E-state index in [9.17, 15) is 10.5 Å². The summed E-state index contributed by atoms with van der Waals surface area (Å²) in [6.07, 6.45) is 0. The van der Waals surface area contributed by atoms with Gasteiger partial charge in [-0.15, -0.1) is 0 Å². The Morgan fingerprint density at radius 2 is 0.557 bits per heavy atom. The molecule has 0 aliphatic heterocycles. The average molecular weight is 894 g/mol. The van der Waals surface area contributed by atoms with Crippen molar-refractivity contribution in [2.75, 3.05) is 0 Å². The van der Waals surface area contributed by atoms with Crippen molar-refractivity contribution in [2.45, 2.75) is 0 Å². The quantitative estimate of drug-likeness (QED) is 0.176. The van der Waals surface area contributed by atoms with Gasteiger partial charge in [0.15, 0.2) is 0 Å². The topological polar surface area (TPSA) is 102 Å². The summed E-state index contributed by atoms with van der Waals surface area (Å²) in [6, 6.07) is 69.5. The van der Waals surface area contributed by atoms with Gasteiger partial charge in [0.05, 0.1) is 61.3 Å². The van der Waals surface area contributed by atoms with Gasteiger partial charge in [0.2, 0.25) is 0 Å². The molecule has 10 aromatic carbocycles. The molecule has 322 valence electrons. The third-order valence-electron chi connectivity index (χ3n) is 14.7. The summed E-state index contributed by atoms with van der Waals surface area (Å²) in [6.45, 7) is 0. The average Bonchev–Trinajstić information content (AvgIpc) is 4.25. The van der Waals surface area contributed by atoms with Crippen LogP contribution in [0.15, 0.2) is 201 Å². The Morgan fingerprint density at radius 1 is 0.257 bits per heavy atom. The number of hydrogen-bond acceptors (Lipinski definition) is 5. The molecule has 6 aromatic heterocycles. The maximum absolute atomic E-state index is 11.6. The molecule has 0 saturated heterocycles. The smallest absolute Gasteiger partial charge is 0.137 e. The highest BCUT2D eigenvalue weighted by Gasteiger charge is 2.31. The SMILES string of the molecule is N#Cc1cc(C#N)c(-n2c3ccccc3c3cc4c(cc32)oc2ccccc24)c(-n2c3ccccc3c3cc4c(cc32)oc2ccccc24)c1-n1c2ccccc2c2cc3c(cc21)oc1ccccc13. The normalized spacial score (nSPS) is 12.3. The van der Waals surface area contributed by atoms with E-state index in [-0.39, 0.29) is 0 Å². The number of fused-ring (bicyclic) bond motifs is 18. The van der Waals surface area contributed by atoms with E-state index in [1.807, 2.05) is 72.8 Å². The minimum absolute atomic E-state index is 0.332. The first kappa shape index (κ1) is 37.1. The molecule has 0 amide bonds. The molecule has 8 heteroatoms. The molecule has 0 aliphatic carbocycles. The van der Waals surface area contributed by atoms with Gasteiger partial charge in [0.1, 0.15) is 45.6 Å². The molecule has 16 rings (SSSR count). The zero-order valence-electron chi connectivity index (χ0n) is 36.9. The monoisotopic (exact) mass is 893 g/mol. The Hall–Kier alpha value is -10.0. The first-order chi connectivity index (χ1) is 34.6. The van der Waals surface area contributed by atoms with Crippen molar-refractivity contribution in [2.24, 2.45) is 0 Å². The molecular weight excluding hydrogens is 863 g/mol. The number of nitriles is 2. The zero-order valence-corrected chi connectivity index (χ0v) is 36.9. The van der Waals surface area contributed by atoms with Crippen LogP contribution < -0.4 is 0 Å². The number of furan rings is 3. The second-order valence-electron chi connectivity index (χ2n) is 18.2. The Bertz CT molecular complexity index is 4890. The number of rotatable bonds is 3. The lowest BCUT2D eigenvalue weighted by Crippen LogP contribution is -2.13. The second kappa shape index (κ2) is 13.3. The van der Waals surface area contributed by atoms with Crippen LogP contribution in [0.5, 0.6) is 0 Å². The molecule has 8 nitrogen and oxygen atoms in total. The van der Waals surface area contributed by atoms with Crippen LogP contribution in [0.3, 0.4) is 0 Å². The van der Waals surface area contributed by atoms with E-state index in [2.05, 4.69) is 135 Å². The maximum atomic E-state index is 11.6. The summed E-state index contributed by atoms with van der Waals surface area (Å²) < 4.78 is 26.5. The van der Waals surface area contributed by atoms with Crippen molar-refractivity contribution < 1.29 is 13.3 Å². The summed E-state index contributed by atoms with van der Waals surface area (Å²) in [5.74, 6) is 0. The standard InChI is InChI=1S/C62H31N5O3/c63-32-34-25-35(33-64)61(66-49-20-8-2-14-37(49)43-27-46-40-17-5-11-23-55(40)69-58(46)30-52(43)66)62(67-50-21-9-3-15-38(50)44-28-47-41-18-6-12-24-56(41)70-59(47)31-53(44)67)60(34)65-48-19-7-1-13-36(48)42-26-45-39-16-4-10-22-54(39)68-57(45)29-51(42)65/h1-31H. The number of hydrogen-bond donors (Lipinski definition) is 0. The number of benzene rings is 10. The lowest BCUT2D eigenvalue weighted by Gasteiger charge is -2.24. The molecule has 0 unspecified atom stereocenters. The van der Waals surface area contributed by atoms with Crippen LogP contribution in [0.2, 0.25) is 0 Å². The van der Waals surface area contributed by atoms with Crippen LogP contribution in [-0.2, 0) is 0 Å². The molecular formula is C62H31N5O3. The van der Waals surface area contributed by atoms with Crippen molar-refractivity contribution >= 4 is 131 Å². The Morgan fingerprint density at radius 3 is 0.900 bits per heavy atom. The number of nitrogens with zero attached hydrogens (tertiary/aromatic N) is 5. The van der Waals surface area contributed by atoms with Gasteiger partial charge in [-0.25, -0.2) is 0 Å². The number of aromatic nitrogens is 3. The predicted octanol–water partition coefficient (Wildman–Crippen LogP) is 16.4. The third kappa shape index (κ3) is 4.71. The lowest BCUT2D eigenvalue weighted by molar-refractivity contribution is 0.669. The van der Waals surface area contributed by atoms with Gasteiger partial charge in [-0.2, -0.15) is 10.5 Å². The molecule has 6 heterocycles. The van der Waals surface area contributed by atoms with E-state index < -0.39 is 0 Å². The fraction of sp³-hybridized carbons (Fsp3) is 0. The van der Waals surface area contributed by atoms with E-state index in [1.54, 1.807) is 6.07 Å². The van der Waals surface area contributed by atoms with Crippen molar-refractivity contribution in [3.63, 3.8) is 0 Å². The number of para-hydroxylation sites is 6. The van der Waals surface area contributed by atoms with Crippen LogP contribution in [0, 0.1) is 22.7 Å².